The Morgan fingerprint density at radius 3 is 2.58 bits per heavy atom. The molecule has 1 aliphatic heterocycles. The van der Waals surface area contributed by atoms with E-state index >= 15 is 0 Å². The molecule has 2 aromatic heterocycles. The van der Waals surface area contributed by atoms with Crippen molar-refractivity contribution in [2.45, 2.75) is 27.2 Å². The van der Waals surface area contributed by atoms with Crippen molar-refractivity contribution in [1.82, 2.24) is 20.2 Å². The summed E-state index contributed by atoms with van der Waals surface area (Å²) in [6.07, 6.45) is 8.74. The van der Waals surface area contributed by atoms with E-state index in [1.807, 2.05) is 32.4 Å². The Morgan fingerprint density at radius 1 is 1.08 bits per heavy atom. The molecular formula is C29H36N6O. The minimum absolute atomic E-state index is 0.184. The van der Waals surface area contributed by atoms with Gasteiger partial charge in [0.25, 0.3) is 5.91 Å². The van der Waals surface area contributed by atoms with Gasteiger partial charge in [0.15, 0.2) is 0 Å². The Hall–Kier alpha value is -3.71. The summed E-state index contributed by atoms with van der Waals surface area (Å²) in [7, 11) is 4.03. The molecule has 3 heterocycles. The van der Waals surface area contributed by atoms with Gasteiger partial charge in [-0.3, -0.25) is 4.79 Å². The van der Waals surface area contributed by atoms with E-state index in [1.54, 1.807) is 12.3 Å². The van der Waals surface area contributed by atoms with E-state index in [4.69, 9.17) is 0 Å². The molecular weight excluding hydrogens is 448 g/mol. The zero-order chi connectivity index (χ0) is 25.7. The molecule has 7 nitrogen and oxygen atoms in total. The number of benzene rings is 1. The number of nitrogens with one attached hydrogen (secondary N) is 2. The van der Waals surface area contributed by atoms with Crippen LogP contribution in [-0.2, 0) is 0 Å². The van der Waals surface area contributed by atoms with Crippen molar-refractivity contribution in [3.05, 3.63) is 77.3 Å². The van der Waals surface area contributed by atoms with Crippen LogP contribution in [0.1, 0.15) is 41.8 Å². The first-order chi connectivity index (χ1) is 17.4. The number of rotatable bonds is 7. The maximum absolute atomic E-state index is 13.2. The highest BCUT2D eigenvalue weighted by molar-refractivity contribution is 6.05. The number of carbonyl (C=O) groups excluding carboxylic acids is 1. The molecule has 1 aliphatic rings. The Bertz CT molecular complexity index is 1300. The number of hydrogen-bond donors (Lipinski definition) is 2. The number of aryl methyl sites for hydroxylation is 1. The van der Waals surface area contributed by atoms with Gasteiger partial charge in [-0.1, -0.05) is 30.7 Å². The SMILES string of the molecule is CC/C(C)=C\C(=C/NC)c1ccc2cnc(NC(=O)c3ccnc(N4CCN(C)CC4)c3)c(C)c2c1. The maximum atomic E-state index is 13.2. The monoisotopic (exact) mass is 484 g/mol. The number of fused-ring (bicyclic) bond motifs is 1. The fraction of sp³-hybridized carbons (Fsp3) is 0.345. The van der Waals surface area contributed by atoms with Gasteiger partial charge in [0, 0.05) is 62.8 Å². The first-order valence-corrected chi connectivity index (χ1v) is 12.5. The lowest BCUT2D eigenvalue weighted by Gasteiger charge is -2.33. The largest absolute Gasteiger partial charge is 0.393 e. The van der Waals surface area contributed by atoms with Gasteiger partial charge >= 0.3 is 0 Å². The normalized spacial score (nSPS) is 15.3. The fourth-order valence-corrected chi connectivity index (χ4v) is 4.34. The minimum atomic E-state index is -0.184. The van der Waals surface area contributed by atoms with Crippen LogP contribution in [0.5, 0.6) is 0 Å². The molecule has 0 bridgehead atoms. The smallest absolute Gasteiger partial charge is 0.257 e. The third kappa shape index (κ3) is 5.74. The number of carbonyl (C=O) groups is 1. The average molecular weight is 485 g/mol. The molecule has 0 saturated carbocycles. The van der Waals surface area contributed by atoms with Crippen molar-refractivity contribution < 1.29 is 4.79 Å². The van der Waals surface area contributed by atoms with Crippen LogP contribution < -0.4 is 15.5 Å². The van der Waals surface area contributed by atoms with Crippen LogP contribution in [0.25, 0.3) is 16.3 Å². The van der Waals surface area contributed by atoms with Gasteiger partial charge in [-0.25, -0.2) is 9.97 Å². The van der Waals surface area contributed by atoms with Crippen molar-refractivity contribution in [2.24, 2.45) is 0 Å². The van der Waals surface area contributed by atoms with E-state index in [-0.39, 0.29) is 5.91 Å². The van der Waals surface area contributed by atoms with Crippen molar-refractivity contribution >= 4 is 33.9 Å². The van der Waals surface area contributed by atoms with Gasteiger partial charge in [-0.15, -0.1) is 0 Å². The van der Waals surface area contributed by atoms with Crippen LogP contribution in [-0.4, -0.2) is 61.0 Å². The van der Waals surface area contributed by atoms with Crippen molar-refractivity contribution in [3.8, 4) is 0 Å². The number of nitrogens with zero attached hydrogens (tertiary/aromatic N) is 4. The maximum Gasteiger partial charge on any atom is 0.257 e. The van der Waals surface area contributed by atoms with Crippen molar-refractivity contribution in [2.75, 3.05) is 50.5 Å². The molecule has 36 heavy (non-hydrogen) atoms. The molecule has 0 radical (unpaired) electrons. The summed E-state index contributed by atoms with van der Waals surface area (Å²) < 4.78 is 0. The highest BCUT2D eigenvalue weighted by atomic mass is 16.1. The van der Waals surface area contributed by atoms with Gasteiger partial charge < -0.3 is 20.4 Å². The second-order valence-electron chi connectivity index (χ2n) is 9.41. The van der Waals surface area contributed by atoms with Gasteiger partial charge in [-0.2, -0.15) is 0 Å². The number of allylic oxidation sites excluding steroid dienone is 3. The summed E-state index contributed by atoms with van der Waals surface area (Å²) in [4.78, 5) is 26.8. The number of amides is 1. The molecule has 1 aromatic carbocycles. The molecule has 0 unspecified atom stereocenters. The second kappa shape index (κ2) is 11.4. The summed E-state index contributed by atoms with van der Waals surface area (Å²) in [5.74, 6) is 1.22. The van der Waals surface area contributed by atoms with Gasteiger partial charge in [0.05, 0.1) is 0 Å². The van der Waals surface area contributed by atoms with Crippen LogP contribution in [0.4, 0.5) is 11.6 Å². The zero-order valence-corrected chi connectivity index (χ0v) is 21.9. The lowest BCUT2D eigenvalue weighted by Crippen LogP contribution is -2.44. The molecule has 4 rings (SSSR count). The Labute approximate surface area is 213 Å². The quantitative estimate of drug-likeness (QED) is 0.467. The second-order valence-corrected chi connectivity index (χ2v) is 9.41. The van der Waals surface area contributed by atoms with Crippen molar-refractivity contribution in [3.63, 3.8) is 0 Å². The highest BCUT2D eigenvalue weighted by Crippen LogP contribution is 2.28. The molecule has 0 aliphatic carbocycles. The molecule has 3 aromatic rings. The highest BCUT2D eigenvalue weighted by Gasteiger charge is 2.18. The average Bonchev–Trinajstić information content (AvgIpc) is 2.90. The lowest BCUT2D eigenvalue weighted by atomic mass is 9.98. The summed E-state index contributed by atoms with van der Waals surface area (Å²) in [5.41, 5.74) is 5.06. The molecule has 1 fully saturated rings. The topological polar surface area (TPSA) is 73.4 Å². The molecule has 188 valence electrons. The Morgan fingerprint density at radius 2 is 1.86 bits per heavy atom. The first kappa shape index (κ1) is 25.4. The van der Waals surface area contributed by atoms with E-state index in [9.17, 15) is 4.79 Å². The van der Waals surface area contributed by atoms with Gasteiger partial charge in [0.2, 0.25) is 0 Å². The number of aromatic nitrogens is 2. The van der Waals surface area contributed by atoms with E-state index < -0.39 is 0 Å². The van der Waals surface area contributed by atoms with Gasteiger partial charge in [0.1, 0.15) is 11.6 Å². The molecule has 7 heteroatoms. The standard InChI is InChI=1S/C29H36N6O/c1-6-20(2)15-25(18-30-4)22-7-8-24-19-32-28(21(3)26(24)16-22)33-29(36)23-9-10-31-27(17-23)35-13-11-34(5)12-14-35/h7-10,15-19,30H,6,11-14H2,1-5H3,(H,32,33,36)/b20-15-,25-18+. The molecule has 1 saturated heterocycles. The van der Waals surface area contributed by atoms with Crippen LogP contribution in [0.3, 0.4) is 0 Å². The van der Waals surface area contributed by atoms with E-state index in [1.165, 1.54) is 5.57 Å². The number of hydrogen-bond acceptors (Lipinski definition) is 6. The summed E-state index contributed by atoms with van der Waals surface area (Å²) in [6, 6.07) is 9.98. The molecule has 2 N–H and O–H groups in total. The molecule has 0 spiro atoms. The van der Waals surface area contributed by atoms with Gasteiger partial charge in [-0.05, 0) is 67.6 Å². The third-order valence-electron chi connectivity index (χ3n) is 6.80. The molecule has 1 amide bonds. The summed E-state index contributed by atoms with van der Waals surface area (Å²) >= 11 is 0. The van der Waals surface area contributed by atoms with Crippen LogP contribution in [0.15, 0.2) is 60.6 Å². The predicted octanol–water partition coefficient (Wildman–Crippen LogP) is 4.86. The fourth-order valence-electron chi connectivity index (χ4n) is 4.34. The number of pyridine rings is 2. The van der Waals surface area contributed by atoms with E-state index in [0.717, 1.165) is 65.9 Å². The lowest BCUT2D eigenvalue weighted by molar-refractivity contribution is 0.102. The van der Waals surface area contributed by atoms with E-state index in [2.05, 4.69) is 75.6 Å². The van der Waals surface area contributed by atoms with Crippen LogP contribution in [0, 0.1) is 6.92 Å². The number of anilines is 2. The Kier molecular flexibility index (Phi) is 8.00. The third-order valence-corrected chi connectivity index (χ3v) is 6.80. The van der Waals surface area contributed by atoms with Crippen LogP contribution >= 0.6 is 0 Å². The minimum Gasteiger partial charge on any atom is -0.393 e. The number of piperazine rings is 1. The summed E-state index contributed by atoms with van der Waals surface area (Å²) in [6.45, 7) is 10.1. The van der Waals surface area contributed by atoms with Crippen LogP contribution in [0.2, 0.25) is 0 Å². The van der Waals surface area contributed by atoms with E-state index in [0.29, 0.717) is 11.4 Å². The zero-order valence-electron chi connectivity index (χ0n) is 21.9. The molecule has 0 atom stereocenters. The Balaban J connectivity index is 1.60. The predicted molar refractivity (Wildman–Crippen MR) is 149 cm³/mol. The number of likely N-dealkylation sites (N-methyl/N-ethyl adjacent to an activating group) is 1. The summed E-state index contributed by atoms with van der Waals surface area (Å²) in [5, 5.41) is 8.29. The van der Waals surface area contributed by atoms with Crippen molar-refractivity contribution in [1.29, 1.82) is 0 Å². The first-order valence-electron chi connectivity index (χ1n) is 12.5.